The molecule has 2 heterocycles. The van der Waals surface area contributed by atoms with Crippen LogP contribution in [0.1, 0.15) is 25.5 Å². The molecule has 0 saturated carbocycles. The molecule has 0 radical (unpaired) electrons. The summed E-state index contributed by atoms with van der Waals surface area (Å²) in [5, 5.41) is 3.69. The molecule has 4 N–H and O–H groups in total. The molecule has 2 aromatic rings. The van der Waals surface area contributed by atoms with Crippen molar-refractivity contribution in [2.24, 2.45) is 5.73 Å². The van der Waals surface area contributed by atoms with Gasteiger partial charge in [0, 0.05) is 43.3 Å². The second-order valence-electron chi connectivity index (χ2n) is 4.91. The summed E-state index contributed by atoms with van der Waals surface area (Å²) in [7, 11) is 0. The Balaban J connectivity index is 1.97. The van der Waals surface area contributed by atoms with Crippen molar-refractivity contribution in [3.05, 3.63) is 28.4 Å². The Bertz CT molecular complexity index is 674. The Labute approximate surface area is 122 Å². The minimum Gasteiger partial charge on any atom is -0.356 e. The molecule has 0 aliphatic rings. The molecule has 1 amide bonds. The SMILES string of the molecule is CCc1cc2cn(CCCNC(=O)CCN)c(=O)nc2[nH]1. The Morgan fingerprint density at radius 2 is 2.33 bits per heavy atom. The van der Waals surface area contributed by atoms with Crippen LogP contribution < -0.4 is 16.7 Å². The molecule has 7 heteroatoms. The van der Waals surface area contributed by atoms with Crippen molar-refractivity contribution >= 4 is 16.9 Å². The number of aromatic amines is 1. The fourth-order valence-corrected chi connectivity index (χ4v) is 2.14. The van der Waals surface area contributed by atoms with Gasteiger partial charge in [0.15, 0.2) is 0 Å². The number of aryl methyl sites for hydroxylation is 2. The highest BCUT2D eigenvalue weighted by Gasteiger charge is 2.05. The van der Waals surface area contributed by atoms with E-state index in [0.717, 1.165) is 17.5 Å². The van der Waals surface area contributed by atoms with Gasteiger partial charge in [-0.2, -0.15) is 4.98 Å². The van der Waals surface area contributed by atoms with Crippen molar-refractivity contribution in [1.82, 2.24) is 19.9 Å². The number of nitrogens with two attached hydrogens (primary N) is 1. The molecule has 7 nitrogen and oxygen atoms in total. The fraction of sp³-hybridized carbons (Fsp3) is 0.500. The first-order valence-electron chi connectivity index (χ1n) is 7.20. The van der Waals surface area contributed by atoms with Gasteiger partial charge in [0.1, 0.15) is 5.65 Å². The maximum atomic E-state index is 11.9. The van der Waals surface area contributed by atoms with Gasteiger partial charge in [0.2, 0.25) is 5.91 Å². The van der Waals surface area contributed by atoms with E-state index in [0.29, 0.717) is 38.1 Å². The van der Waals surface area contributed by atoms with Gasteiger partial charge in [0.25, 0.3) is 0 Å². The quantitative estimate of drug-likeness (QED) is 0.631. The number of aromatic nitrogens is 3. The van der Waals surface area contributed by atoms with Crippen LogP contribution in [0.4, 0.5) is 0 Å². The van der Waals surface area contributed by atoms with Gasteiger partial charge in [0.05, 0.1) is 0 Å². The van der Waals surface area contributed by atoms with Crippen LogP contribution in [0.2, 0.25) is 0 Å². The summed E-state index contributed by atoms with van der Waals surface area (Å²) in [4.78, 5) is 30.3. The second-order valence-corrected chi connectivity index (χ2v) is 4.91. The molecule has 114 valence electrons. The van der Waals surface area contributed by atoms with E-state index < -0.39 is 0 Å². The molecule has 0 saturated heterocycles. The average Bonchev–Trinajstić information content (AvgIpc) is 2.85. The Morgan fingerprint density at radius 1 is 1.52 bits per heavy atom. The maximum absolute atomic E-state index is 11.9. The van der Waals surface area contributed by atoms with Crippen LogP contribution in [-0.2, 0) is 17.8 Å². The first-order valence-corrected chi connectivity index (χ1v) is 7.20. The summed E-state index contributed by atoms with van der Waals surface area (Å²) in [6.07, 6.45) is 3.69. The first kappa shape index (κ1) is 15.2. The van der Waals surface area contributed by atoms with E-state index in [9.17, 15) is 9.59 Å². The number of H-pyrrole nitrogens is 1. The monoisotopic (exact) mass is 291 g/mol. The third kappa shape index (κ3) is 3.91. The van der Waals surface area contributed by atoms with Crippen molar-refractivity contribution in [1.29, 1.82) is 0 Å². The number of nitrogens with zero attached hydrogens (tertiary/aromatic N) is 2. The smallest absolute Gasteiger partial charge is 0.349 e. The van der Waals surface area contributed by atoms with Crippen LogP contribution >= 0.6 is 0 Å². The molecule has 0 atom stereocenters. The third-order valence-electron chi connectivity index (χ3n) is 3.28. The van der Waals surface area contributed by atoms with E-state index >= 15 is 0 Å². The Kier molecular flexibility index (Phi) is 5.10. The van der Waals surface area contributed by atoms with E-state index in [4.69, 9.17) is 5.73 Å². The van der Waals surface area contributed by atoms with Gasteiger partial charge in [-0.25, -0.2) is 4.79 Å². The molecule has 0 aliphatic carbocycles. The summed E-state index contributed by atoms with van der Waals surface area (Å²) in [6, 6.07) is 2.00. The van der Waals surface area contributed by atoms with Crippen molar-refractivity contribution in [2.45, 2.75) is 32.7 Å². The topological polar surface area (TPSA) is 106 Å². The van der Waals surface area contributed by atoms with E-state index in [2.05, 4.69) is 15.3 Å². The van der Waals surface area contributed by atoms with E-state index in [1.54, 1.807) is 4.57 Å². The summed E-state index contributed by atoms with van der Waals surface area (Å²) in [6.45, 7) is 3.44. The van der Waals surface area contributed by atoms with Crippen molar-refractivity contribution in [3.8, 4) is 0 Å². The maximum Gasteiger partial charge on any atom is 0.349 e. The van der Waals surface area contributed by atoms with Crippen LogP contribution in [0, 0.1) is 0 Å². The summed E-state index contributed by atoms with van der Waals surface area (Å²) in [5.41, 5.74) is 6.70. The molecule has 2 rings (SSSR count). The number of fused-ring (bicyclic) bond motifs is 1. The summed E-state index contributed by atoms with van der Waals surface area (Å²) < 4.78 is 1.57. The van der Waals surface area contributed by atoms with Crippen molar-refractivity contribution in [3.63, 3.8) is 0 Å². The standard InChI is InChI=1S/C14H21N5O2/c1-2-11-8-10-9-19(14(21)18-13(10)17-11)7-3-6-16-12(20)4-5-15/h8-9H,2-7,15H2,1H3,(H,16,20)(H,17,18,21). The lowest BCUT2D eigenvalue weighted by Gasteiger charge is -2.06. The van der Waals surface area contributed by atoms with Gasteiger partial charge in [-0.1, -0.05) is 6.92 Å². The van der Waals surface area contributed by atoms with E-state index in [1.807, 2.05) is 19.2 Å². The Hall–Kier alpha value is -2.15. The predicted octanol–water partition coefficient (Wildman–Crippen LogP) is 0.142. The zero-order chi connectivity index (χ0) is 15.2. The van der Waals surface area contributed by atoms with Gasteiger partial charge in [-0.15, -0.1) is 0 Å². The number of nitrogens with one attached hydrogen (secondary N) is 2. The lowest BCUT2D eigenvalue weighted by atomic mass is 10.3. The number of amides is 1. The number of carbonyl (C=O) groups is 1. The first-order chi connectivity index (χ1) is 10.1. The molecule has 21 heavy (non-hydrogen) atoms. The number of rotatable bonds is 7. The van der Waals surface area contributed by atoms with Crippen molar-refractivity contribution in [2.75, 3.05) is 13.1 Å². The molecule has 0 aromatic carbocycles. The molecule has 2 aromatic heterocycles. The molecule has 0 fully saturated rings. The number of hydrogen-bond acceptors (Lipinski definition) is 4. The van der Waals surface area contributed by atoms with Crippen LogP contribution in [0.15, 0.2) is 17.1 Å². The molecule has 0 aliphatic heterocycles. The van der Waals surface area contributed by atoms with Crippen LogP contribution in [-0.4, -0.2) is 33.5 Å². The number of hydrogen-bond donors (Lipinski definition) is 3. The molecular formula is C14H21N5O2. The molecular weight excluding hydrogens is 270 g/mol. The zero-order valence-electron chi connectivity index (χ0n) is 12.2. The lowest BCUT2D eigenvalue weighted by Crippen LogP contribution is -2.28. The summed E-state index contributed by atoms with van der Waals surface area (Å²) >= 11 is 0. The predicted molar refractivity (Wildman–Crippen MR) is 81.0 cm³/mol. The van der Waals surface area contributed by atoms with Crippen LogP contribution in [0.25, 0.3) is 11.0 Å². The largest absolute Gasteiger partial charge is 0.356 e. The minimum absolute atomic E-state index is 0.0587. The highest BCUT2D eigenvalue weighted by Crippen LogP contribution is 2.11. The molecule has 0 spiro atoms. The lowest BCUT2D eigenvalue weighted by molar-refractivity contribution is -0.120. The third-order valence-corrected chi connectivity index (χ3v) is 3.28. The zero-order valence-corrected chi connectivity index (χ0v) is 12.2. The normalized spacial score (nSPS) is 11.0. The van der Waals surface area contributed by atoms with Crippen LogP contribution in [0.5, 0.6) is 0 Å². The highest BCUT2D eigenvalue weighted by atomic mass is 16.2. The second kappa shape index (κ2) is 7.03. The minimum atomic E-state index is -0.278. The van der Waals surface area contributed by atoms with Gasteiger partial charge >= 0.3 is 5.69 Å². The van der Waals surface area contributed by atoms with Crippen molar-refractivity contribution < 1.29 is 4.79 Å². The molecule has 0 bridgehead atoms. The van der Waals surface area contributed by atoms with Gasteiger partial charge in [-0.3, -0.25) is 9.36 Å². The Morgan fingerprint density at radius 3 is 3.05 bits per heavy atom. The fourth-order valence-electron chi connectivity index (χ4n) is 2.14. The highest BCUT2D eigenvalue weighted by molar-refractivity contribution is 5.76. The van der Waals surface area contributed by atoms with E-state index in [1.165, 1.54) is 0 Å². The summed E-state index contributed by atoms with van der Waals surface area (Å²) in [5.74, 6) is -0.0587. The van der Waals surface area contributed by atoms with E-state index in [-0.39, 0.29) is 11.6 Å². The molecule has 0 unspecified atom stereocenters. The number of carbonyl (C=O) groups excluding carboxylic acids is 1. The van der Waals surface area contributed by atoms with Crippen LogP contribution in [0.3, 0.4) is 0 Å². The average molecular weight is 291 g/mol. The van der Waals surface area contributed by atoms with Gasteiger partial charge < -0.3 is 16.0 Å². The van der Waals surface area contributed by atoms with Gasteiger partial charge in [-0.05, 0) is 18.9 Å².